The predicted molar refractivity (Wildman–Crippen MR) is 74.3 cm³/mol. The number of nitrogens with one attached hydrogen (secondary N) is 1. The van der Waals surface area contributed by atoms with E-state index in [1.54, 1.807) is 0 Å². The summed E-state index contributed by atoms with van der Waals surface area (Å²) in [6.45, 7) is 7.29. The van der Waals surface area contributed by atoms with Crippen molar-refractivity contribution in [1.29, 1.82) is 0 Å². The summed E-state index contributed by atoms with van der Waals surface area (Å²) in [6.07, 6.45) is 3.12. The van der Waals surface area contributed by atoms with Gasteiger partial charge in [0.25, 0.3) is 0 Å². The van der Waals surface area contributed by atoms with Crippen molar-refractivity contribution in [3.05, 3.63) is 34.9 Å². The molecule has 1 aliphatic heterocycles. The third kappa shape index (κ3) is 2.74. The Bertz CT molecular complexity index is 411. The smallest absolute Gasteiger partial charge is 0.0824 e. The topological polar surface area (TPSA) is 47.3 Å². The molecule has 0 radical (unpaired) electrons. The molecule has 2 atom stereocenters. The maximum Gasteiger partial charge on any atom is 0.0824 e. The summed E-state index contributed by atoms with van der Waals surface area (Å²) < 4.78 is 5.89. The van der Waals surface area contributed by atoms with E-state index in [2.05, 4.69) is 44.4 Å². The first-order valence-electron chi connectivity index (χ1n) is 6.71. The van der Waals surface area contributed by atoms with Gasteiger partial charge in [-0.2, -0.15) is 0 Å². The largest absolute Gasteiger partial charge is 0.374 e. The van der Waals surface area contributed by atoms with Crippen LogP contribution in [0.4, 0.5) is 0 Å². The quantitative estimate of drug-likeness (QED) is 0.634. The standard InChI is InChI=1S/C15H24N2O/c1-11-5-6-12(2)13(9-11)10-14(17-16)15(3)7-4-8-18-15/h5-6,9,14,17H,4,7-8,10,16H2,1-3H3. The van der Waals surface area contributed by atoms with Crippen molar-refractivity contribution >= 4 is 0 Å². The van der Waals surface area contributed by atoms with Gasteiger partial charge in [-0.25, -0.2) is 0 Å². The van der Waals surface area contributed by atoms with Crippen LogP contribution in [0, 0.1) is 13.8 Å². The van der Waals surface area contributed by atoms with Crippen LogP contribution in [-0.2, 0) is 11.2 Å². The average molecular weight is 248 g/mol. The molecule has 0 aromatic heterocycles. The minimum Gasteiger partial charge on any atom is -0.374 e. The molecule has 0 bridgehead atoms. The molecule has 1 aliphatic rings. The Morgan fingerprint density at radius 3 is 2.83 bits per heavy atom. The monoisotopic (exact) mass is 248 g/mol. The summed E-state index contributed by atoms with van der Waals surface area (Å²) in [5.74, 6) is 5.74. The first-order valence-corrected chi connectivity index (χ1v) is 6.71. The van der Waals surface area contributed by atoms with Crippen molar-refractivity contribution in [3.8, 4) is 0 Å². The van der Waals surface area contributed by atoms with Gasteiger partial charge in [0.15, 0.2) is 0 Å². The number of hydrazine groups is 1. The van der Waals surface area contributed by atoms with Gasteiger partial charge in [-0.15, -0.1) is 0 Å². The Kier molecular flexibility index (Phi) is 4.05. The van der Waals surface area contributed by atoms with E-state index in [4.69, 9.17) is 10.6 Å². The molecule has 3 nitrogen and oxygen atoms in total. The van der Waals surface area contributed by atoms with E-state index in [0.717, 1.165) is 25.9 Å². The number of hydrogen-bond acceptors (Lipinski definition) is 3. The molecular weight excluding hydrogens is 224 g/mol. The maximum atomic E-state index is 5.89. The highest BCUT2D eigenvalue weighted by atomic mass is 16.5. The van der Waals surface area contributed by atoms with Crippen molar-refractivity contribution in [2.24, 2.45) is 5.84 Å². The number of aryl methyl sites for hydroxylation is 2. The summed E-state index contributed by atoms with van der Waals surface area (Å²) >= 11 is 0. The van der Waals surface area contributed by atoms with Crippen molar-refractivity contribution in [2.45, 2.75) is 51.7 Å². The molecule has 1 saturated heterocycles. The Hall–Kier alpha value is -0.900. The summed E-state index contributed by atoms with van der Waals surface area (Å²) in [5, 5.41) is 0. The Morgan fingerprint density at radius 1 is 1.44 bits per heavy atom. The molecule has 1 fully saturated rings. The Morgan fingerprint density at radius 2 is 2.22 bits per heavy atom. The molecule has 100 valence electrons. The molecule has 2 rings (SSSR count). The average Bonchev–Trinajstić information content (AvgIpc) is 2.78. The third-order valence-corrected chi connectivity index (χ3v) is 4.12. The van der Waals surface area contributed by atoms with Crippen LogP contribution in [0.1, 0.15) is 36.5 Å². The summed E-state index contributed by atoms with van der Waals surface area (Å²) in [6, 6.07) is 6.74. The van der Waals surface area contributed by atoms with Crippen molar-refractivity contribution in [3.63, 3.8) is 0 Å². The lowest BCUT2D eigenvalue weighted by molar-refractivity contribution is -0.0115. The van der Waals surface area contributed by atoms with E-state index < -0.39 is 0 Å². The minimum absolute atomic E-state index is 0.134. The Balaban J connectivity index is 2.17. The van der Waals surface area contributed by atoms with Crippen LogP contribution < -0.4 is 11.3 Å². The highest BCUT2D eigenvalue weighted by molar-refractivity contribution is 5.31. The van der Waals surface area contributed by atoms with Crippen LogP contribution in [0.25, 0.3) is 0 Å². The summed E-state index contributed by atoms with van der Waals surface area (Å²) in [4.78, 5) is 0. The lowest BCUT2D eigenvalue weighted by atomic mass is 9.87. The van der Waals surface area contributed by atoms with Gasteiger partial charge in [-0.1, -0.05) is 23.8 Å². The highest BCUT2D eigenvalue weighted by Gasteiger charge is 2.37. The maximum absolute atomic E-state index is 5.89. The van der Waals surface area contributed by atoms with Crippen molar-refractivity contribution in [2.75, 3.05) is 6.61 Å². The van der Waals surface area contributed by atoms with E-state index in [1.165, 1.54) is 16.7 Å². The van der Waals surface area contributed by atoms with Crippen molar-refractivity contribution < 1.29 is 4.74 Å². The van der Waals surface area contributed by atoms with E-state index in [9.17, 15) is 0 Å². The zero-order valence-corrected chi connectivity index (χ0v) is 11.6. The fourth-order valence-electron chi connectivity index (χ4n) is 2.77. The fourth-order valence-corrected chi connectivity index (χ4v) is 2.77. The van der Waals surface area contributed by atoms with Crippen LogP contribution in [0.2, 0.25) is 0 Å². The molecule has 2 unspecified atom stereocenters. The molecule has 1 heterocycles. The van der Waals surface area contributed by atoms with Crippen LogP contribution >= 0.6 is 0 Å². The zero-order chi connectivity index (χ0) is 13.2. The zero-order valence-electron chi connectivity index (χ0n) is 11.6. The van der Waals surface area contributed by atoms with Gasteiger partial charge in [-0.05, 0) is 51.2 Å². The van der Waals surface area contributed by atoms with Gasteiger partial charge in [0.2, 0.25) is 0 Å². The predicted octanol–water partition coefficient (Wildman–Crippen LogP) is 2.25. The van der Waals surface area contributed by atoms with E-state index in [1.807, 2.05) is 0 Å². The number of benzene rings is 1. The molecule has 0 aliphatic carbocycles. The summed E-state index contributed by atoms with van der Waals surface area (Å²) in [5.41, 5.74) is 6.79. The second kappa shape index (κ2) is 5.39. The molecular formula is C15H24N2O. The molecule has 3 heteroatoms. The second-order valence-corrected chi connectivity index (χ2v) is 5.62. The lowest BCUT2D eigenvalue weighted by Crippen LogP contribution is -2.52. The SMILES string of the molecule is Cc1ccc(C)c(CC(NN)C2(C)CCCO2)c1. The molecule has 0 saturated carbocycles. The number of hydrogen-bond donors (Lipinski definition) is 2. The van der Waals surface area contributed by atoms with E-state index in [-0.39, 0.29) is 11.6 Å². The van der Waals surface area contributed by atoms with Crippen molar-refractivity contribution in [1.82, 2.24) is 5.43 Å². The van der Waals surface area contributed by atoms with Gasteiger partial charge in [0, 0.05) is 6.61 Å². The third-order valence-electron chi connectivity index (χ3n) is 4.12. The van der Waals surface area contributed by atoms with E-state index in [0.29, 0.717) is 0 Å². The van der Waals surface area contributed by atoms with Gasteiger partial charge in [-0.3, -0.25) is 11.3 Å². The van der Waals surface area contributed by atoms with Gasteiger partial charge in [0.05, 0.1) is 11.6 Å². The minimum atomic E-state index is -0.134. The van der Waals surface area contributed by atoms with Crippen LogP contribution in [-0.4, -0.2) is 18.2 Å². The number of nitrogens with two attached hydrogens (primary N) is 1. The normalized spacial score (nSPS) is 25.3. The lowest BCUT2D eigenvalue weighted by Gasteiger charge is -2.33. The number of ether oxygens (including phenoxy) is 1. The van der Waals surface area contributed by atoms with E-state index >= 15 is 0 Å². The Labute approximate surface area is 110 Å². The first-order chi connectivity index (χ1) is 8.55. The van der Waals surface area contributed by atoms with Crippen LogP contribution in [0.3, 0.4) is 0 Å². The second-order valence-electron chi connectivity index (χ2n) is 5.62. The molecule has 3 N–H and O–H groups in total. The number of rotatable bonds is 4. The van der Waals surface area contributed by atoms with Crippen LogP contribution in [0.5, 0.6) is 0 Å². The van der Waals surface area contributed by atoms with Crippen LogP contribution in [0.15, 0.2) is 18.2 Å². The molecule has 1 aromatic carbocycles. The highest BCUT2D eigenvalue weighted by Crippen LogP contribution is 2.30. The van der Waals surface area contributed by atoms with Gasteiger partial charge >= 0.3 is 0 Å². The van der Waals surface area contributed by atoms with Gasteiger partial charge in [0.1, 0.15) is 0 Å². The fraction of sp³-hybridized carbons (Fsp3) is 0.600. The summed E-state index contributed by atoms with van der Waals surface area (Å²) in [7, 11) is 0. The first kappa shape index (κ1) is 13.5. The molecule has 18 heavy (non-hydrogen) atoms. The molecule has 0 amide bonds. The van der Waals surface area contributed by atoms with Gasteiger partial charge < -0.3 is 4.74 Å². The molecule has 0 spiro atoms. The molecule has 1 aromatic rings.